The molecule has 0 atom stereocenters. The van der Waals surface area contributed by atoms with Gasteiger partial charge in [0.25, 0.3) is 0 Å². The Kier molecular flexibility index (Phi) is 3.16. The van der Waals surface area contributed by atoms with Crippen molar-refractivity contribution in [3.63, 3.8) is 0 Å². The quantitative estimate of drug-likeness (QED) is 0.243. The fourth-order valence-corrected chi connectivity index (χ4v) is 6.79. The lowest BCUT2D eigenvalue weighted by Crippen LogP contribution is -2.14. The molecule has 1 aromatic heterocycles. The highest BCUT2D eigenvalue weighted by Crippen LogP contribution is 2.55. The first-order valence-corrected chi connectivity index (χ1v) is 11.6. The van der Waals surface area contributed by atoms with E-state index < -0.39 is 0 Å². The van der Waals surface area contributed by atoms with Crippen LogP contribution in [0.15, 0.2) is 72.8 Å². The van der Waals surface area contributed by atoms with E-state index in [0.29, 0.717) is 0 Å². The largest absolute Gasteiger partial charge is 0.343 e. The Bertz CT molecular complexity index is 1500. The summed E-state index contributed by atoms with van der Waals surface area (Å²) >= 11 is 0. The lowest BCUT2D eigenvalue weighted by Gasteiger charge is -2.21. The molecule has 2 aliphatic rings. The summed E-state index contributed by atoms with van der Waals surface area (Å²) in [4.78, 5) is 0. The molecule has 0 bridgehead atoms. The summed E-state index contributed by atoms with van der Waals surface area (Å²) < 4.78 is 2.48. The number of aromatic nitrogens is 1. The molecule has 0 amide bonds. The Balaban J connectivity index is 1.69. The molecule has 4 aromatic carbocycles. The molecule has 5 aromatic rings. The van der Waals surface area contributed by atoms with Crippen molar-refractivity contribution in [2.75, 3.05) is 0 Å². The maximum atomic E-state index is 2.48. The number of hydrogen-bond donors (Lipinski definition) is 0. The molecule has 7 rings (SSSR count). The van der Waals surface area contributed by atoms with Crippen LogP contribution < -0.4 is 0 Å². The smallest absolute Gasteiger partial charge is 0.0571 e. The molecule has 0 unspecified atom stereocenters. The number of fused-ring (bicyclic) bond motifs is 11. The van der Waals surface area contributed by atoms with Crippen LogP contribution in [0.3, 0.4) is 0 Å². The minimum Gasteiger partial charge on any atom is -0.343 e. The van der Waals surface area contributed by atoms with Crippen molar-refractivity contribution in [2.45, 2.75) is 38.5 Å². The molecule has 156 valence electrons. The second-order valence-electron chi connectivity index (χ2n) is 10.7. The summed E-state index contributed by atoms with van der Waals surface area (Å²) in [5.74, 6) is 0. The van der Waals surface area contributed by atoms with Crippen molar-refractivity contribution >= 4 is 21.8 Å². The predicted molar refractivity (Wildman–Crippen MR) is 136 cm³/mol. The Morgan fingerprint density at radius 1 is 0.500 bits per heavy atom. The Labute approximate surface area is 189 Å². The van der Waals surface area contributed by atoms with Crippen molar-refractivity contribution in [1.29, 1.82) is 0 Å². The van der Waals surface area contributed by atoms with Crippen LogP contribution >= 0.6 is 0 Å². The minimum atomic E-state index is 0.0209. The number of aryl methyl sites for hydroxylation is 1. The van der Waals surface area contributed by atoms with Crippen LogP contribution in [0.4, 0.5) is 0 Å². The van der Waals surface area contributed by atoms with Crippen LogP contribution in [0.5, 0.6) is 0 Å². The van der Waals surface area contributed by atoms with Gasteiger partial charge in [-0.3, -0.25) is 0 Å². The lowest BCUT2D eigenvalue weighted by atomic mass is 9.82. The summed E-state index contributed by atoms with van der Waals surface area (Å²) in [7, 11) is 2.27. The molecular formula is C31H27N. The van der Waals surface area contributed by atoms with Crippen LogP contribution in [0.25, 0.3) is 44.1 Å². The van der Waals surface area contributed by atoms with Gasteiger partial charge >= 0.3 is 0 Å². The number of hydrogen-bond acceptors (Lipinski definition) is 0. The summed E-state index contributed by atoms with van der Waals surface area (Å²) in [6.45, 7) is 9.45. The van der Waals surface area contributed by atoms with Crippen molar-refractivity contribution in [3.8, 4) is 22.3 Å². The van der Waals surface area contributed by atoms with Crippen molar-refractivity contribution < 1.29 is 0 Å². The fourth-order valence-electron chi connectivity index (χ4n) is 6.79. The highest BCUT2D eigenvalue weighted by molar-refractivity contribution is 6.18. The van der Waals surface area contributed by atoms with Gasteiger partial charge in [-0.15, -0.1) is 0 Å². The van der Waals surface area contributed by atoms with Crippen LogP contribution in [0, 0.1) is 0 Å². The minimum absolute atomic E-state index is 0.0209. The first-order chi connectivity index (χ1) is 15.3. The molecule has 32 heavy (non-hydrogen) atoms. The molecule has 1 heterocycles. The Morgan fingerprint density at radius 2 is 0.906 bits per heavy atom. The first-order valence-electron chi connectivity index (χ1n) is 11.6. The highest BCUT2D eigenvalue weighted by atomic mass is 14.9. The third kappa shape index (κ3) is 1.88. The second-order valence-corrected chi connectivity index (χ2v) is 10.7. The molecule has 0 radical (unpaired) electrons. The van der Waals surface area contributed by atoms with Gasteiger partial charge in [0.15, 0.2) is 0 Å². The summed E-state index contributed by atoms with van der Waals surface area (Å²) in [5, 5.41) is 2.72. The maximum absolute atomic E-state index is 2.48. The molecule has 0 aliphatic heterocycles. The van der Waals surface area contributed by atoms with E-state index in [0.717, 1.165) is 0 Å². The Hall–Kier alpha value is -3.32. The first kappa shape index (κ1) is 18.3. The van der Waals surface area contributed by atoms with E-state index in [2.05, 4.69) is 112 Å². The van der Waals surface area contributed by atoms with E-state index in [-0.39, 0.29) is 10.8 Å². The van der Waals surface area contributed by atoms with Gasteiger partial charge in [-0.1, -0.05) is 100 Å². The van der Waals surface area contributed by atoms with E-state index >= 15 is 0 Å². The van der Waals surface area contributed by atoms with Gasteiger partial charge in [-0.25, -0.2) is 0 Å². The van der Waals surface area contributed by atoms with E-state index in [9.17, 15) is 0 Å². The zero-order valence-electron chi connectivity index (χ0n) is 19.4. The van der Waals surface area contributed by atoms with Crippen molar-refractivity contribution in [1.82, 2.24) is 4.57 Å². The summed E-state index contributed by atoms with van der Waals surface area (Å²) in [6.07, 6.45) is 0. The molecule has 0 saturated carbocycles. The predicted octanol–water partition coefficient (Wildman–Crippen LogP) is 7.94. The highest BCUT2D eigenvalue weighted by Gasteiger charge is 2.39. The molecule has 0 spiro atoms. The third-order valence-electron chi connectivity index (χ3n) is 8.40. The normalized spacial score (nSPS) is 16.8. The van der Waals surface area contributed by atoms with Crippen molar-refractivity contribution in [3.05, 3.63) is 95.1 Å². The van der Waals surface area contributed by atoms with E-state index in [4.69, 9.17) is 0 Å². The third-order valence-corrected chi connectivity index (χ3v) is 8.40. The average Bonchev–Trinajstić information content (AvgIpc) is 3.31. The van der Waals surface area contributed by atoms with E-state index in [1.165, 1.54) is 66.3 Å². The van der Waals surface area contributed by atoms with Gasteiger partial charge in [0, 0.05) is 39.8 Å². The summed E-state index contributed by atoms with van der Waals surface area (Å²) in [6, 6.07) is 27.4. The number of benzene rings is 4. The molecule has 2 aliphatic carbocycles. The molecule has 1 nitrogen and oxygen atoms in total. The van der Waals surface area contributed by atoms with Gasteiger partial charge < -0.3 is 4.57 Å². The molecular weight excluding hydrogens is 386 g/mol. The van der Waals surface area contributed by atoms with Gasteiger partial charge in [0.1, 0.15) is 0 Å². The average molecular weight is 414 g/mol. The van der Waals surface area contributed by atoms with Crippen LogP contribution in [0.2, 0.25) is 0 Å². The van der Waals surface area contributed by atoms with E-state index in [1.54, 1.807) is 0 Å². The van der Waals surface area contributed by atoms with Gasteiger partial charge in [-0.2, -0.15) is 0 Å². The maximum Gasteiger partial charge on any atom is 0.0571 e. The van der Waals surface area contributed by atoms with Crippen LogP contribution in [-0.2, 0) is 17.9 Å². The number of rotatable bonds is 0. The topological polar surface area (TPSA) is 4.93 Å². The Morgan fingerprint density at radius 3 is 1.34 bits per heavy atom. The second kappa shape index (κ2) is 5.53. The molecule has 1 heteroatoms. The zero-order valence-corrected chi connectivity index (χ0v) is 19.4. The SMILES string of the molecule is Cn1c2c3c(ccc2c2ccc4c(c21)-c1ccccc1C4(C)C)C(C)(C)c1ccccc1-3. The number of nitrogens with zero attached hydrogens (tertiary/aromatic N) is 1. The summed E-state index contributed by atoms with van der Waals surface area (Å²) in [5.41, 5.74) is 14.1. The fraction of sp³-hybridized carbons (Fsp3) is 0.226. The van der Waals surface area contributed by atoms with Crippen LogP contribution in [0.1, 0.15) is 49.9 Å². The van der Waals surface area contributed by atoms with Gasteiger partial charge in [0.2, 0.25) is 0 Å². The standard InChI is InChI=1S/C31H27N/c1-30(2)22-12-8-6-10-20(22)26-24(30)16-14-18-19-15-17-25-27(29(19)32(5)28(18)26)21-11-7-9-13-23(21)31(25,3)4/h6-17H,1-5H3. The molecule has 0 fully saturated rings. The van der Waals surface area contributed by atoms with Gasteiger partial charge in [0.05, 0.1) is 11.0 Å². The van der Waals surface area contributed by atoms with Gasteiger partial charge in [-0.05, 0) is 33.4 Å². The van der Waals surface area contributed by atoms with E-state index in [1.807, 2.05) is 0 Å². The zero-order chi connectivity index (χ0) is 22.0. The monoisotopic (exact) mass is 413 g/mol. The lowest BCUT2D eigenvalue weighted by molar-refractivity contribution is 0.660. The van der Waals surface area contributed by atoms with Crippen molar-refractivity contribution in [2.24, 2.45) is 7.05 Å². The molecule has 0 N–H and O–H groups in total. The van der Waals surface area contributed by atoms with Crippen LogP contribution in [-0.4, -0.2) is 4.57 Å². The molecule has 0 saturated heterocycles.